The number of amides is 1. The normalized spacial score (nSPS) is 12.7. The number of hydrogen-bond donors (Lipinski definition) is 1. The summed E-state index contributed by atoms with van der Waals surface area (Å²) in [6, 6.07) is 0.841. The number of aryl methyl sites for hydroxylation is 2. The number of nitrogens with one attached hydrogen (secondary N) is 1. The maximum Gasteiger partial charge on any atom is 0.417 e. The van der Waals surface area contributed by atoms with Gasteiger partial charge in [0, 0.05) is 26.0 Å². The predicted molar refractivity (Wildman–Crippen MR) is 125 cm³/mol. The molecule has 4 rings (SSSR count). The second kappa shape index (κ2) is 8.84. The van der Waals surface area contributed by atoms with Crippen molar-refractivity contribution in [2.45, 2.75) is 38.9 Å². The molecule has 0 aromatic carbocycles. The van der Waals surface area contributed by atoms with E-state index in [1.165, 1.54) is 24.7 Å². The molecular weight excluding hydrogens is 499 g/mol. The Morgan fingerprint density at radius 2 is 1.83 bits per heavy atom. The number of carbonyl (C=O) groups is 1. The number of carbonyl (C=O) groups excluding carboxylic acids is 1. The number of alkyl halides is 3. The van der Waals surface area contributed by atoms with Gasteiger partial charge in [-0.1, -0.05) is 20.8 Å². The van der Waals surface area contributed by atoms with Crippen LogP contribution in [0.1, 0.15) is 42.4 Å². The zero-order valence-electron chi connectivity index (χ0n) is 20.2. The van der Waals surface area contributed by atoms with Crippen LogP contribution in [-0.2, 0) is 23.1 Å². The van der Waals surface area contributed by atoms with Crippen LogP contribution in [0.4, 0.5) is 13.2 Å². The van der Waals surface area contributed by atoms with Crippen LogP contribution in [0.3, 0.4) is 0 Å². The second-order valence-corrected chi connectivity index (χ2v) is 11.0. The molecular formula is C22H24F3N7O3S. The molecule has 0 bridgehead atoms. The van der Waals surface area contributed by atoms with E-state index in [0.717, 1.165) is 10.6 Å². The molecule has 0 spiro atoms. The first-order chi connectivity index (χ1) is 16.8. The van der Waals surface area contributed by atoms with Crippen LogP contribution in [0.5, 0.6) is 0 Å². The van der Waals surface area contributed by atoms with Crippen molar-refractivity contribution in [3.63, 3.8) is 0 Å². The van der Waals surface area contributed by atoms with Crippen LogP contribution in [-0.4, -0.2) is 55.8 Å². The molecule has 1 N–H and O–H groups in total. The first-order valence-corrected chi connectivity index (χ1v) is 12.7. The van der Waals surface area contributed by atoms with Crippen molar-refractivity contribution in [1.29, 1.82) is 0 Å². The summed E-state index contributed by atoms with van der Waals surface area (Å²) in [5.74, 6) is -0.601. The Hall–Kier alpha value is -3.55. The summed E-state index contributed by atoms with van der Waals surface area (Å²) in [5.41, 5.74) is -0.405. The van der Waals surface area contributed by atoms with E-state index in [-0.39, 0.29) is 50.6 Å². The van der Waals surface area contributed by atoms with E-state index in [1.807, 2.05) is 13.8 Å². The Labute approximate surface area is 204 Å². The van der Waals surface area contributed by atoms with Gasteiger partial charge in [0.05, 0.1) is 11.3 Å². The third-order valence-corrected chi connectivity index (χ3v) is 7.25. The van der Waals surface area contributed by atoms with E-state index in [1.54, 1.807) is 6.92 Å². The summed E-state index contributed by atoms with van der Waals surface area (Å²) < 4.78 is 68.3. The number of aromatic nitrogens is 6. The van der Waals surface area contributed by atoms with Gasteiger partial charge in [-0.3, -0.25) is 4.79 Å². The summed E-state index contributed by atoms with van der Waals surface area (Å²) in [4.78, 5) is 25.5. The summed E-state index contributed by atoms with van der Waals surface area (Å²) in [6.07, 6.45) is -2.53. The van der Waals surface area contributed by atoms with Gasteiger partial charge < -0.3 is 9.88 Å². The van der Waals surface area contributed by atoms with Crippen molar-refractivity contribution in [3.05, 3.63) is 35.3 Å². The molecule has 4 aromatic rings. The van der Waals surface area contributed by atoms with Gasteiger partial charge in [0.15, 0.2) is 26.2 Å². The van der Waals surface area contributed by atoms with Crippen LogP contribution in [0.2, 0.25) is 0 Å². The van der Waals surface area contributed by atoms with E-state index in [4.69, 9.17) is 0 Å². The van der Waals surface area contributed by atoms with Crippen LogP contribution in [0, 0.1) is 12.8 Å². The largest absolute Gasteiger partial charge is 0.417 e. The summed E-state index contributed by atoms with van der Waals surface area (Å²) in [7, 11) is -2.46. The number of pyridine rings is 1. The number of fused-ring (bicyclic) bond motifs is 2. The van der Waals surface area contributed by atoms with Gasteiger partial charge in [-0.2, -0.15) is 18.3 Å². The number of hydrogen-bond acceptors (Lipinski definition) is 7. The minimum absolute atomic E-state index is 0.00346. The number of rotatable bonds is 6. The third kappa shape index (κ3) is 4.29. The Morgan fingerprint density at radius 3 is 2.44 bits per heavy atom. The zero-order chi connectivity index (χ0) is 26.6. The minimum Gasteiger partial charge on any atom is -0.350 e. The number of nitrogens with zero attached hydrogens (tertiary/aromatic N) is 6. The summed E-state index contributed by atoms with van der Waals surface area (Å²) in [6.45, 7) is 7.32. The molecule has 0 radical (unpaired) electrons. The average molecular weight is 524 g/mol. The molecule has 0 aliphatic rings. The lowest BCUT2D eigenvalue weighted by molar-refractivity contribution is -0.137. The Kier molecular flexibility index (Phi) is 6.27. The maximum absolute atomic E-state index is 13.2. The second-order valence-electron chi connectivity index (χ2n) is 8.77. The lowest BCUT2D eigenvalue weighted by Crippen LogP contribution is -2.30. The van der Waals surface area contributed by atoms with Crippen molar-refractivity contribution >= 4 is 32.6 Å². The molecule has 14 heteroatoms. The monoisotopic (exact) mass is 523 g/mol. The summed E-state index contributed by atoms with van der Waals surface area (Å²) >= 11 is 0. The SMILES string of the molecule is CCS(=O)(=O)c1nn2c(C(=O)NCC(C)C)c(C)cnc2c1-c1nc2cc(C(F)(F)F)cnc2n1C. The van der Waals surface area contributed by atoms with E-state index in [9.17, 15) is 26.4 Å². The topological polar surface area (TPSA) is 124 Å². The van der Waals surface area contributed by atoms with E-state index >= 15 is 0 Å². The van der Waals surface area contributed by atoms with Gasteiger partial charge >= 0.3 is 6.18 Å². The molecule has 0 saturated heterocycles. The van der Waals surface area contributed by atoms with Crippen LogP contribution < -0.4 is 5.32 Å². The van der Waals surface area contributed by atoms with E-state index in [0.29, 0.717) is 18.3 Å². The first-order valence-electron chi connectivity index (χ1n) is 11.1. The molecule has 4 heterocycles. The van der Waals surface area contributed by atoms with Crippen molar-refractivity contribution in [1.82, 2.24) is 34.4 Å². The van der Waals surface area contributed by atoms with Crippen LogP contribution >= 0.6 is 0 Å². The highest BCUT2D eigenvalue weighted by Crippen LogP contribution is 2.35. The molecule has 36 heavy (non-hydrogen) atoms. The highest BCUT2D eigenvalue weighted by molar-refractivity contribution is 7.91. The van der Waals surface area contributed by atoms with Gasteiger partial charge in [0.2, 0.25) is 0 Å². The molecule has 192 valence electrons. The predicted octanol–water partition coefficient (Wildman–Crippen LogP) is 3.18. The molecule has 0 atom stereocenters. The van der Waals surface area contributed by atoms with E-state index < -0.39 is 27.5 Å². The van der Waals surface area contributed by atoms with Gasteiger partial charge in [-0.05, 0) is 24.5 Å². The molecule has 0 saturated carbocycles. The molecule has 0 unspecified atom stereocenters. The number of halogens is 3. The van der Waals surface area contributed by atoms with Crippen molar-refractivity contribution in [2.75, 3.05) is 12.3 Å². The number of imidazole rings is 1. The van der Waals surface area contributed by atoms with Crippen molar-refractivity contribution in [3.8, 4) is 11.4 Å². The molecule has 0 aliphatic carbocycles. The highest BCUT2D eigenvalue weighted by Gasteiger charge is 2.34. The quantitative estimate of drug-likeness (QED) is 0.412. The molecule has 4 aromatic heterocycles. The van der Waals surface area contributed by atoms with Crippen LogP contribution in [0.15, 0.2) is 23.5 Å². The fourth-order valence-corrected chi connectivity index (χ4v) is 4.68. The van der Waals surface area contributed by atoms with Gasteiger partial charge in [-0.15, -0.1) is 0 Å². The minimum atomic E-state index is -4.63. The fourth-order valence-electron chi connectivity index (χ4n) is 3.71. The Balaban J connectivity index is 2.04. The van der Waals surface area contributed by atoms with Crippen LogP contribution in [0.25, 0.3) is 28.2 Å². The Bertz CT molecular complexity index is 1600. The summed E-state index contributed by atoms with van der Waals surface area (Å²) in [5, 5.41) is 6.67. The Morgan fingerprint density at radius 1 is 1.17 bits per heavy atom. The van der Waals surface area contributed by atoms with Gasteiger partial charge in [0.25, 0.3) is 5.91 Å². The highest BCUT2D eigenvalue weighted by atomic mass is 32.2. The van der Waals surface area contributed by atoms with Gasteiger partial charge in [0.1, 0.15) is 22.6 Å². The molecule has 0 fully saturated rings. The molecule has 1 amide bonds. The first kappa shape index (κ1) is 25.5. The third-order valence-electron chi connectivity index (χ3n) is 5.62. The zero-order valence-corrected chi connectivity index (χ0v) is 21.0. The lowest BCUT2D eigenvalue weighted by Gasteiger charge is -2.11. The van der Waals surface area contributed by atoms with Crippen molar-refractivity contribution in [2.24, 2.45) is 13.0 Å². The fraction of sp³-hybridized carbons (Fsp3) is 0.409. The standard InChI is InChI=1S/C22H24F3N7O3S/c1-6-36(34,35)21-15(19-29-14-7-13(22(23,24)25)10-27-17(14)31(19)5)18-26-9-12(4)16(32(18)30-21)20(33)28-8-11(2)3/h7,9-11H,6,8H2,1-5H3,(H,28,33). The smallest absolute Gasteiger partial charge is 0.350 e. The molecule has 10 nitrogen and oxygen atoms in total. The lowest BCUT2D eigenvalue weighted by atomic mass is 10.2. The molecule has 0 aliphatic heterocycles. The van der Waals surface area contributed by atoms with E-state index in [2.05, 4.69) is 25.4 Å². The average Bonchev–Trinajstić information content (AvgIpc) is 3.34. The van der Waals surface area contributed by atoms with Crippen molar-refractivity contribution < 1.29 is 26.4 Å². The maximum atomic E-state index is 13.2. The van der Waals surface area contributed by atoms with Gasteiger partial charge in [-0.25, -0.2) is 27.9 Å². The number of sulfone groups is 1.